The van der Waals surface area contributed by atoms with Crippen molar-refractivity contribution < 1.29 is 4.79 Å². The Labute approximate surface area is 186 Å². The third-order valence-electron chi connectivity index (χ3n) is 6.15. The van der Waals surface area contributed by atoms with Gasteiger partial charge in [0, 0.05) is 44.0 Å². The van der Waals surface area contributed by atoms with Crippen LogP contribution in [0.3, 0.4) is 0 Å². The molecular formula is C23H28N6OS. The molecule has 0 unspecified atom stereocenters. The van der Waals surface area contributed by atoms with Gasteiger partial charge < -0.3 is 15.1 Å². The Balaban J connectivity index is 1.24. The molecule has 162 valence electrons. The van der Waals surface area contributed by atoms with Crippen molar-refractivity contribution in [2.75, 3.05) is 36.4 Å². The highest BCUT2D eigenvalue weighted by Gasteiger charge is 2.25. The molecule has 0 atom stereocenters. The summed E-state index contributed by atoms with van der Waals surface area (Å²) < 4.78 is 1.05. The highest BCUT2D eigenvalue weighted by atomic mass is 32.1. The van der Waals surface area contributed by atoms with Crippen LogP contribution in [0.1, 0.15) is 47.6 Å². The average Bonchev–Trinajstić information content (AvgIpc) is 3.23. The third kappa shape index (κ3) is 4.49. The molecule has 3 aromatic rings. The number of hydrogen-bond donors (Lipinski definition) is 1. The van der Waals surface area contributed by atoms with E-state index in [-0.39, 0.29) is 5.91 Å². The lowest BCUT2D eigenvalue weighted by Gasteiger charge is -2.35. The van der Waals surface area contributed by atoms with Crippen LogP contribution in [0.5, 0.6) is 0 Å². The number of rotatable bonds is 4. The monoisotopic (exact) mass is 436 g/mol. The Hall–Kier alpha value is -2.74. The van der Waals surface area contributed by atoms with E-state index in [9.17, 15) is 4.79 Å². The molecule has 3 heterocycles. The van der Waals surface area contributed by atoms with Gasteiger partial charge in [0.25, 0.3) is 5.91 Å². The smallest absolute Gasteiger partial charge is 0.282 e. The summed E-state index contributed by atoms with van der Waals surface area (Å²) in [7, 11) is 0. The summed E-state index contributed by atoms with van der Waals surface area (Å²) in [6.45, 7) is 4.88. The van der Waals surface area contributed by atoms with Gasteiger partial charge in [-0.1, -0.05) is 31.4 Å². The number of benzene rings is 1. The van der Waals surface area contributed by atoms with Crippen LogP contribution in [0, 0.1) is 6.92 Å². The standard InChI is InChI=1S/C23H28N6OS/c1-16-15-20(27-23(24-16)25-17-7-3-2-4-8-17)28-11-13-29(14-12-28)22(30)21-26-18-9-5-6-10-19(18)31-21/h5-6,9-10,15,17H,2-4,7-8,11-14H2,1H3,(H,24,25,27). The summed E-state index contributed by atoms with van der Waals surface area (Å²) in [6.07, 6.45) is 6.28. The number of fused-ring (bicyclic) bond motifs is 1. The number of carbonyl (C=O) groups is 1. The number of hydrogen-bond acceptors (Lipinski definition) is 7. The molecule has 7 nitrogen and oxygen atoms in total. The quantitative estimate of drug-likeness (QED) is 0.664. The van der Waals surface area contributed by atoms with Gasteiger partial charge in [0.15, 0.2) is 5.01 Å². The molecule has 1 aromatic carbocycles. The largest absolute Gasteiger partial charge is 0.353 e. The zero-order valence-electron chi connectivity index (χ0n) is 17.9. The fourth-order valence-electron chi connectivity index (χ4n) is 4.45. The van der Waals surface area contributed by atoms with E-state index in [1.165, 1.54) is 43.4 Å². The Morgan fingerprint density at radius 3 is 2.58 bits per heavy atom. The molecular weight excluding hydrogens is 408 g/mol. The maximum atomic E-state index is 13.0. The number of thiazole rings is 1. The van der Waals surface area contributed by atoms with E-state index in [1.54, 1.807) is 0 Å². The van der Waals surface area contributed by atoms with Crippen molar-refractivity contribution in [3.8, 4) is 0 Å². The molecule has 1 saturated carbocycles. The second kappa shape index (κ2) is 8.78. The molecule has 31 heavy (non-hydrogen) atoms. The molecule has 0 spiro atoms. The van der Waals surface area contributed by atoms with E-state index < -0.39 is 0 Å². The fourth-order valence-corrected chi connectivity index (χ4v) is 5.38. The first-order chi connectivity index (χ1) is 15.2. The van der Waals surface area contributed by atoms with Crippen LogP contribution in [0.2, 0.25) is 0 Å². The van der Waals surface area contributed by atoms with E-state index >= 15 is 0 Å². The summed E-state index contributed by atoms with van der Waals surface area (Å²) >= 11 is 1.47. The summed E-state index contributed by atoms with van der Waals surface area (Å²) in [5.41, 5.74) is 1.86. The number of anilines is 2. The van der Waals surface area contributed by atoms with Crippen molar-refractivity contribution >= 4 is 39.2 Å². The number of nitrogens with one attached hydrogen (secondary N) is 1. The Morgan fingerprint density at radius 2 is 1.81 bits per heavy atom. The summed E-state index contributed by atoms with van der Waals surface area (Å²) in [6, 6.07) is 10.4. The van der Waals surface area contributed by atoms with E-state index in [0.29, 0.717) is 24.1 Å². The molecule has 1 N–H and O–H groups in total. The predicted molar refractivity (Wildman–Crippen MR) is 125 cm³/mol. The molecule has 5 rings (SSSR count). The van der Waals surface area contributed by atoms with Crippen LogP contribution in [0.4, 0.5) is 11.8 Å². The highest BCUT2D eigenvalue weighted by molar-refractivity contribution is 7.20. The molecule has 1 aliphatic heterocycles. The maximum Gasteiger partial charge on any atom is 0.282 e. The number of aryl methyl sites for hydroxylation is 1. The van der Waals surface area contributed by atoms with E-state index in [0.717, 1.165) is 40.8 Å². The number of para-hydroxylation sites is 1. The summed E-state index contributed by atoms with van der Waals surface area (Å²) in [5, 5.41) is 4.12. The molecule has 8 heteroatoms. The van der Waals surface area contributed by atoms with Gasteiger partial charge in [-0.2, -0.15) is 4.98 Å². The molecule has 0 bridgehead atoms. The van der Waals surface area contributed by atoms with Crippen LogP contribution in [0.15, 0.2) is 30.3 Å². The number of amides is 1. The van der Waals surface area contributed by atoms with Gasteiger partial charge in [-0.3, -0.25) is 4.79 Å². The van der Waals surface area contributed by atoms with Gasteiger partial charge in [0.05, 0.1) is 10.2 Å². The first-order valence-electron chi connectivity index (χ1n) is 11.2. The Morgan fingerprint density at radius 1 is 1.03 bits per heavy atom. The van der Waals surface area contributed by atoms with Crippen LogP contribution in [-0.2, 0) is 0 Å². The van der Waals surface area contributed by atoms with Crippen molar-refractivity contribution in [2.24, 2.45) is 0 Å². The normalized spacial score (nSPS) is 17.8. The molecule has 2 aliphatic rings. The minimum atomic E-state index is 0.0272. The summed E-state index contributed by atoms with van der Waals surface area (Å²) in [4.78, 5) is 31.1. The number of nitrogens with zero attached hydrogens (tertiary/aromatic N) is 5. The lowest BCUT2D eigenvalue weighted by Crippen LogP contribution is -2.49. The molecule has 0 radical (unpaired) electrons. The predicted octanol–water partition coefficient (Wildman–Crippen LogP) is 4.10. The van der Waals surface area contributed by atoms with Crippen LogP contribution in [0.25, 0.3) is 10.2 Å². The van der Waals surface area contributed by atoms with Crippen molar-refractivity contribution in [3.63, 3.8) is 0 Å². The molecule has 2 aromatic heterocycles. The SMILES string of the molecule is Cc1cc(N2CCN(C(=O)c3nc4ccccc4s3)CC2)nc(NC2CCCCC2)n1. The number of aromatic nitrogens is 3. The third-order valence-corrected chi connectivity index (χ3v) is 7.17. The van der Waals surface area contributed by atoms with Gasteiger partial charge in [-0.15, -0.1) is 11.3 Å². The fraction of sp³-hybridized carbons (Fsp3) is 0.478. The topological polar surface area (TPSA) is 74.2 Å². The highest BCUT2D eigenvalue weighted by Crippen LogP contribution is 2.25. The second-order valence-corrected chi connectivity index (χ2v) is 9.47. The van der Waals surface area contributed by atoms with Gasteiger partial charge in [-0.25, -0.2) is 9.97 Å². The van der Waals surface area contributed by atoms with Crippen molar-refractivity contribution in [2.45, 2.75) is 45.1 Å². The van der Waals surface area contributed by atoms with E-state index in [1.807, 2.05) is 42.2 Å². The van der Waals surface area contributed by atoms with Crippen LogP contribution >= 0.6 is 11.3 Å². The molecule has 1 saturated heterocycles. The second-order valence-electron chi connectivity index (χ2n) is 8.44. The molecule has 2 fully saturated rings. The average molecular weight is 437 g/mol. The van der Waals surface area contributed by atoms with Gasteiger partial charge >= 0.3 is 0 Å². The van der Waals surface area contributed by atoms with Gasteiger partial charge in [-0.05, 0) is 31.9 Å². The van der Waals surface area contributed by atoms with E-state index in [2.05, 4.69) is 20.2 Å². The first kappa shape index (κ1) is 20.2. The van der Waals surface area contributed by atoms with Crippen molar-refractivity contribution in [3.05, 3.63) is 41.0 Å². The summed E-state index contributed by atoms with van der Waals surface area (Å²) in [5.74, 6) is 1.70. The van der Waals surface area contributed by atoms with E-state index in [4.69, 9.17) is 4.98 Å². The van der Waals surface area contributed by atoms with Crippen LogP contribution < -0.4 is 10.2 Å². The minimum absolute atomic E-state index is 0.0272. The Bertz CT molecular complexity index is 1040. The van der Waals surface area contributed by atoms with Gasteiger partial charge in [0.1, 0.15) is 5.82 Å². The lowest BCUT2D eigenvalue weighted by molar-refractivity contribution is 0.0746. The zero-order valence-corrected chi connectivity index (χ0v) is 18.7. The Kier molecular flexibility index (Phi) is 5.72. The minimum Gasteiger partial charge on any atom is -0.353 e. The lowest BCUT2D eigenvalue weighted by atomic mass is 9.96. The zero-order chi connectivity index (χ0) is 21.2. The van der Waals surface area contributed by atoms with Crippen LogP contribution in [-0.4, -0.2) is 58.0 Å². The number of carbonyl (C=O) groups excluding carboxylic acids is 1. The van der Waals surface area contributed by atoms with Crippen molar-refractivity contribution in [1.29, 1.82) is 0 Å². The first-order valence-corrected chi connectivity index (χ1v) is 12.0. The molecule has 1 aliphatic carbocycles. The van der Waals surface area contributed by atoms with Gasteiger partial charge in [0.2, 0.25) is 5.95 Å². The van der Waals surface area contributed by atoms with Crippen molar-refractivity contribution in [1.82, 2.24) is 19.9 Å². The number of piperazine rings is 1. The molecule has 1 amide bonds. The maximum absolute atomic E-state index is 13.0.